The van der Waals surface area contributed by atoms with E-state index >= 15 is 0 Å². The molecule has 0 spiro atoms. The molecule has 0 fully saturated rings. The molecule has 1 rings (SSSR count). The van der Waals surface area contributed by atoms with Crippen LogP contribution < -0.4 is 0 Å². The maximum absolute atomic E-state index is 10.3. The van der Waals surface area contributed by atoms with Gasteiger partial charge in [-0.05, 0) is 0 Å². The number of carboxylic acid groups (broad SMARTS) is 1. The summed E-state index contributed by atoms with van der Waals surface area (Å²) in [5, 5.41) is 8.27. The number of aliphatic carboxylic acids is 1. The standard InChI is InChI=1S/C8H8O4Se/c9-2-7-1-6(5-13-7)3-12-4-8(10)11/h1-2,5H,3-4H2,(H,10,11). The molecule has 0 unspecified atom stereocenters. The summed E-state index contributed by atoms with van der Waals surface area (Å²) < 4.78 is 5.62. The van der Waals surface area contributed by atoms with Crippen molar-refractivity contribution in [3.05, 3.63) is 21.0 Å². The minimum absolute atomic E-state index is 0.101. The summed E-state index contributed by atoms with van der Waals surface area (Å²) in [6.45, 7) is -0.0278. The quantitative estimate of drug-likeness (QED) is 0.594. The number of carbonyl (C=O) groups excluding carboxylic acids is 1. The van der Waals surface area contributed by atoms with Crippen molar-refractivity contribution in [2.24, 2.45) is 0 Å². The van der Waals surface area contributed by atoms with Crippen molar-refractivity contribution in [2.45, 2.75) is 6.61 Å². The summed E-state index contributed by atoms with van der Waals surface area (Å²) in [7, 11) is 0. The van der Waals surface area contributed by atoms with Gasteiger partial charge in [0.1, 0.15) is 0 Å². The first-order valence-corrected chi connectivity index (χ1v) is 5.39. The number of ether oxygens (including phenoxy) is 1. The van der Waals surface area contributed by atoms with Gasteiger partial charge in [-0.2, -0.15) is 0 Å². The first-order valence-electron chi connectivity index (χ1n) is 3.54. The zero-order valence-corrected chi connectivity index (χ0v) is 8.44. The van der Waals surface area contributed by atoms with Crippen molar-refractivity contribution in [2.75, 3.05) is 6.61 Å². The Morgan fingerprint density at radius 1 is 1.69 bits per heavy atom. The summed E-state index contributed by atoms with van der Waals surface area (Å²) in [5.74, 6) is -0.983. The van der Waals surface area contributed by atoms with Crippen LogP contribution in [0.5, 0.6) is 0 Å². The predicted octanol–water partition coefficient (Wildman–Crippen LogP) is 0.157. The molecule has 0 aliphatic heterocycles. The van der Waals surface area contributed by atoms with Crippen molar-refractivity contribution >= 4 is 26.8 Å². The second kappa shape index (κ2) is 4.97. The molecular formula is C8H8O4Se. The summed E-state index contributed by atoms with van der Waals surface area (Å²) >= 11 is 0.101. The molecular weight excluding hydrogens is 239 g/mol. The topological polar surface area (TPSA) is 63.6 Å². The fourth-order valence-electron chi connectivity index (χ4n) is 0.788. The van der Waals surface area contributed by atoms with Crippen molar-refractivity contribution in [1.82, 2.24) is 0 Å². The number of aldehydes is 1. The molecule has 0 saturated heterocycles. The van der Waals surface area contributed by atoms with E-state index in [1.54, 1.807) is 6.07 Å². The Kier molecular flexibility index (Phi) is 3.89. The molecule has 0 saturated carbocycles. The van der Waals surface area contributed by atoms with Gasteiger partial charge in [-0.15, -0.1) is 0 Å². The summed E-state index contributed by atoms with van der Waals surface area (Å²) in [5.41, 5.74) is 0.892. The predicted molar refractivity (Wildman–Crippen MR) is 46.1 cm³/mol. The van der Waals surface area contributed by atoms with Crippen LogP contribution in [0.15, 0.2) is 11.0 Å². The SMILES string of the molecule is O=Cc1cc(COCC(=O)O)c[se]1. The average molecular weight is 247 g/mol. The number of carboxylic acids is 1. The van der Waals surface area contributed by atoms with E-state index in [0.29, 0.717) is 0 Å². The van der Waals surface area contributed by atoms with Crippen LogP contribution in [0, 0.1) is 0 Å². The summed E-state index contributed by atoms with van der Waals surface area (Å²) in [4.78, 5) is 22.3. The van der Waals surface area contributed by atoms with Gasteiger partial charge in [-0.3, -0.25) is 0 Å². The maximum atomic E-state index is 10.3. The van der Waals surface area contributed by atoms with Gasteiger partial charge in [0, 0.05) is 0 Å². The zero-order chi connectivity index (χ0) is 9.68. The van der Waals surface area contributed by atoms with Gasteiger partial charge in [-0.1, -0.05) is 0 Å². The van der Waals surface area contributed by atoms with E-state index in [-0.39, 0.29) is 27.7 Å². The minimum atomic E-state index is -0.983. The molecule has 0 atom stereocenters. The van der Waals surface area contributed by atoms with E-state index in [1.807, 2.05) is 4.94 Å². The zero-order valence-electron chi connectivity index (χ0n) is 6.73. The molecule has 0 radical (unpaired) electrons. The Balaban J connectivity index is 2.36. The number of hydrogen-bond acceptors (Lipinski definition) is 3. The van der Waals surface area contributed by atoms with Gasteiger partial charge in [0.2, 0.25) is 0 Å². The molecule has 0 aliphatic carbocycles. The number of hydrogen-bond donors (Lipinski definition) is 1. The molecule has 13 heavy (non-hydrogen) atoms. The molecule has 0 aromatic carbocycles. The third-order valence-electron chi connectivity index (χ3n) is 1.28. The fourth-order valence-corrected chi connectivity index (χ4v) is 2.25. The molecule has 1 aromatic rings. The summed E-state index contributed by atoms with van der Waals surface area (Å²) in [6.07, 6.45) is 0.820. The van der Waals surface area contributed by atoms with Crippen molar-refractivity contribution in [1.29, 1.82) is 0 Å². The van der Waals surface area contributed by atoms with Gasteiger partial charge < -0.3 is 0 Å². The second-order valence-electron chi connectivity index (χ2n) is 2.36. The fraction of sp³-hybridized carbons (Fsp3) is 0.250. The van der Waals surface area contributed by atoms with E-state index in [2.05, 4.69) is 0 Å². The van der Waals surface area contributed by atoms with Gasteiger partial charge in [0.25, 0.3) is 0 Å². The molecule has 70 valence electrons. The van der Waals surface area contributed by atoms with E-state index in [1.165, 1.54) is 0 Å². The van der Waals surface area contributed by atoms with Crippen LogP contribution in [0.4, 0.5) is 0 Å². The van der Waals surface area contributed by atoms with Gasteiger partial charge >= 0.3 is 80.4 Å². The Labute approximate surface area is 80.9 Å². The van der Waals surface area contributed by atoms with Crippen molar-refractivity contribution in [3.63, 3.8) is 0 Å². The molecule has 5 heteroatoms. The molecule has 1 N–H and O–H groups in total. The molecule has 0 bridgehead atoms. The monoisotopic (exact) mass is 248 g/mol. The number of carbonyl (C=O) groups is 2. The van der Waals surface area contributed by atoms with Gasteiger partial charge in [0.05, 0.1) is 0 Å². The number of rotatable bonds is 5. The van der Waals surface area contributed by atoms with Crippen LogP contribution in [-0.4, -0.2) is 38.5 Å². The van der Waals surface area contributed by atoms with Crippen LogP contribution in [0.2, 0.25) is 0 Å². The van der Waals surface area contributed by atoms with Crippen LogP contribution in [0.3, 0.4) is 0 Å². The Bertz CT molecular complexity index is 305. The summed E-state index contributed by atoms with van der Waals surface area (Å²) in [6, 6.07) is 1.74. The third-order valence-corrected chi connectivity index (χ3v) is 3.19. The molecule has 1 aromatic heterocycles. The third kappa shape index (κ3) is 3.55. The molecule has 0 amide bonds. The molecule has 4 nitrogen and oxygen atoms in total. The van der Waals surface area contributed by atoms with Gasteiger partial charge in [0.15, 0.2) is 0 Å². The van der Waals surface area contributed by atoms with E-state index in [4.69, 9.17) is 9.84 Å². The van der Waals surface area contributed by atoms with E-state index < -0.39 is 5.97 Å². The Morgan fingerprint density at radius 2 is 2.46 bits per heavy atom. The second-order valence-corrected chi connectivity index (χ2v) is 4.34. The van der Waals surface area contributed by atoms with Crippen molar-refractivity contribution in [3.8, 4) is 0 Å². The first-order chi connectivity index (χ1) is 6.22. The van der Waals surface area contributed by atoms with Crippen molar-refractivity contribution < 1.29 is 19.4 Å². The van der Waals surface area contributed by atoms with Gasteiger partial charge in [-0.25, -0.2) is 0 Å². The molecule has 1 heterocycles. The van der Waals surface area contributed by atoms with Crippen LogP contribution in [0.25, 0.3) is 0 Å². The van der Waals surface area contributed by atoms with E-state index in [9.17, 15) is 9.59 Å². The molecule has 0 aliphatic rings. The van der Waals surface area contributed by atoms with Crippen LogP contribution >= 0.6 is 0 Å². The Hall–Kier alpha value is -0.901. The average Bonchev–Trinajstić information content (AvgIpc) is 2.52. The first kappa shape index (κ1) is 10.2. The van der Waals surface area contributed by atoms with Crippen LogP contribution in [-0.2, 0) is 16.1 Å². The van der Waals surface area contributed by atoms with Crippen LogP contribution in [0.1, 0.15) is 14.8 Å². The van der Waals surface area contributed by atoms with E-state index in [0.717, 1.165) is 16.3 Å². The Morgan fingerprint density at radius 3 is 3.00 bits per heavy atom. The normalized spacial score (nSPS) is 9.85.